The lowest BCUT2D eigenvalue weighted by Crippen LogP contribution is -2.44. The highest BCUT2D eigenvalue weighted by molar-refractivity contribution is 5.93. The first-order valence-corrected chi connectivity index (χ1v) is 6.62. The van der Waals surface area contributed by atoms with Crippen molar-refractivity contribution < 1.29 is 9.53 Å². The van der Waals surface area contributed by atoms with Crippen molar-refractivity contribution in [1.29, 1.82) is 0 Å². The minimum absolute atomic E-state index is 0.178. The number of carbonyl (C=O) groups excluding carboxylic acids is 1. The predicted molar refractivity (Wildman–Crippen MR) is 70.6 cm³/mol. The largest absolute Gasteiger partial charge is 0.451 e. The molecule has 1 aliphatic carbocycles. The molecular weight excluding hydrogens is 224 g/mol. The number of ether oxygens (including phenoxy) is 1. The highest BCUT2D eigenvalue weighted by Gasteiger charge is 2.43. The van der Waals surface area contributed by atoms with Gasteiger partial charge in [0.05, 0.1) is 5.56 Å². The molecule has 1 aromatic rings. The molecule has 1 spiro atoms. The summed E-state index contributed by atoms with van der Waals surface area (Å²) in [6.07, 6.45) is 4.99. The van der Waals surface area contributed by atoms with E-state index in [2.05, 4.69) is 18.7 Å². The van der Waals surface area contributed by atoms with Gasteiger partial charge in [-0.2, -0.15) is 0 Å². The molecule has 1 aromatic carbocycles. The summed E-state index contributed by atoms with van der Waals surface area (Å²) in [6, 6.07) is 6.06. The van der Waals surface area contributed by atoms with E-state index in [9.17, 15) is 4.79 Å². The van der Waals surface area contributed by atoms with Gasteiger partial charge >= 0.3 is 5.97 Å². The zero-order valence-corrected chi connectivity index (χ0v) is 10.8. The molecule has 1 fully saturated rings. The zero-order chi connectivity index (χ0) is 12.8. The molecule has 94 valence electrons. The van der Waals surface area contributed by atoms with Gasteiger partial charge in [-0.05, 0) is 49.8 Å². The van der Waals surface area contributed by atoms with Crippen molar-refractivity contribution in [2.45, 2.75) is 44.6 Å². The summed E-state index contributed by atoms with van der Waals surface area (Å²) in [7, 11) is 0. The second kappa shape index (κ2) is 3.98. The molecule has 3 rings (SSSR count). The Morgan fingerprint density at radius 2 is 2.17 bits per heavy atom. The summed E-state index contributed by atoms with van der Waals surface area (Å²) in [4.78, 5) is 12.2. The molecule has 0 radical (unpaired) electrons. The monoisotopic (exact) mass is 242 g/mol. The smallest absolute Gasteiger partial charge is 0.339 e. The van der Waals surface area contributed by atoms with E-state index in [0.29, 0.717) is 0 Å². The van der Waals surface area contributed by atoms with E-state index in [0.717, 1.165) is 47.9 Å². The molecule has 0 saturated heterocycles. The first kappa shape index (κ1) is 11.5. The number of hydrogen-bond donors (Lipinski definition) is 0. The number of esters is 1. The molecular formula is C16H18O2. The van der Waals surface area contributed by atoms with Crippen molar-refractivity contribution in [2.75, 3.05) is 0 Å². The van der Waals surface area contributed by atoms with Crippen LogP contribution in [0.25, 0.3) is 0 Å². The Morgan fingerprint density at radius 3 is 2.94 bits per heavy atom. The number of carbonyl (C=O) groups is 1. The third-order valence-corrected chi connectivity index (χ3v) is 4.20. The van der Waals surface area contributed by atoms with E-state index < -0.39 is 5.60 Å². The quantitative estimate of drug-likeness (QED) is 0.513. The first-order valence-electron chi connectivity index (χ1n) is 6.62. The Morgan fingerprint density at radius 1 is 1.33 bits per heavy atom. The second-order valence-electron chi connectivity index (χ2n) is 5.53. The van der Waals surface area contributed by atoms with Crippen LogP contribution in [0.3, 0.4) is 0 Å². The minimum atomic E-state index is -0.419. The maximum atomic E-state index is 12.2. The van der Waals surface area contributed by atoms with Gasteiger partial charge in [0.1, 0.15) is 5.60 Å². The summed E-state index contributed by atoms with van der Waals surface area (Å²) in [5.41, 5.74) is 3.62. The molecule has 1 unspecified atom stereocenters. The van der Waals surface area contributed by atoms with Crippen molar-refractivity contribution in [3.05, 3.63) is 47.0 Å². The van der Waals surface area contributed by atoms with Gasteiger partial charge in [-0.15, -0.1) is 0 Å². The number of benzene rings is 1. The van der Waals surface area contributed by atoms with E-state index in [1.54, 1.807) is 0 Å². The van der Waals surface area contributed by atoms with Gasteiger partial charge < -0.3 is 4.74 Å². The van der Waals surface area contributed by atoms with Crippen LogP contribution >= 0.6 is 0 Å². The zero-order valence-electron chi connectivity index (χ0n) is 10.8. The summed E-state index contributed by atoms with van der Waals surface area (Å²) in [5, 5.41) is 0. The van der Waals surface area contributed by atoms with Gasteiger partial charge in [-0.1, -0.05) is 24.3 Å². The molecule has 18 heavy (non-hydrogen) atoms. The average molecular weight is 242 g/mol. The van der Waals surface area contributed by atoms with E-state index in [4.69, 9.17) is 4.74 Å². The van der Waals surface area contributed by atoms with Gasteiger partial charge in [0.25, 0.3) is 0 Å². The topological polar surface area (TPSA) is 26.3 Å². The molecule has 0 N–H and O–H groups in total. The number of hydrogen-bond acceptors (Lipinski definition) is 2. The lowest BCUT2D eigenvalue weighted by Gasteiger charge is -2.42. The van der Waals surface area contributed by atoms with Crippen LogP contribution in [-0.2, 0) is 11.2 Å². The van der Waals surface area contributed by atoms with E-state index in [-0.39, 0.29) is 5.97 Å². The van der Waals surface area contributed by atoms with Crippen molar-refractivity contribution >= 4 is 5.97 Å². The van der Waals surface area contributed by atoms with Crippen LogP contribution in [0.15, 0.2) is 30.4 Å². The van der Waals surface area contributed by atoms with Gasteiger partial charge in [-0.3, -0.25) is 0 Å². The van der Waals surface area contributed by atoms with Gasteiger partial charge in [0.2, 0.25) is 0 Å². The van der Waals surface area contributed by atoms with Crippen molar-refractivity contribution in [3.8, 4) is 0 Å². The lowest BCUT2D eigenvalue weighted by atomic mass is 9.75. The van der Waals surface area contributed by atoms with E-state index >= 15 is 0 Å². The van der Waals surface area contributed by atoms with Gasteiger partial charge in [0.15, 0.2) is 0 Å². The van der Waals surface area contributed by atoms with Crippen molar-refractivity contribution in [3.63, 3.8) is 0 Å². The Kier molecular flexibility index (Phi) is 2.54. The summed E-state index contributed by atoms with van der Waals surface area (Å²) >= 11 is 0. The third kappa shape index (κ3) is 1.67. The fourth-order valence-electron chi connectivity index (χ4n) is 3.10. The lowest BCUT2D eigenvalue weighted by molar-refractivity contribution is -0.0174. The standard InChI is InChI=1S/C16H18O2/c1-11-6-7-13-10-16(8-4-3-5-12(16)2)18-15(17)14(13)9-11/h6-7,9H,2-5,8,10H2,1H3. The highest BCUT2D eigenvalue weighted by Crippen LogP contribution is 2.42. The Bertz CT molecular complexity index is 530. The highest BCUT2D eigenvalue weighted by atomic mass is 16.6. The SMILES string of the molecule is C=C1CCCCC12Cc1ccc(C)cc1C(=O)O2. The second-order valence-corrected chi connectivity index (χ2v) is 5.53. The maximum Gasteiger partial charge on any atom is 0.339 e. The molecule has 1 saturated carbocycles. The van der Waals surface area contributed by atoms with Crippen LogP contribution in [0.5, 0.6) is 0 Å². The van der Waals surface area contributed by atoms with Crippen LogP contribution in [0.1, 0.15) is 47.2 Å². The van der Waals surface area contributed by atoms with Gasteiger partial charge in [-0.25, -0.2) is 4.79 Å². The van der Waals surface area contributed by atoms with Crippen LogP contribution in [0.2, 0.25) is 0 Å². The number of rotatable bonds is 0. The normalized spacial score (nSPS) is 26.9. The molecule has 0 amide bonds. The molecule has 1 aliphatic heterocycles. The average Bonchev–Trinajstić information content (AvgIpc) is 2.34. The maximum absolute atomic E-state index is 12.2. The first-order chi connectivity index (χ1) is 8.61. The molecule has 1 atom stereocenters. The summed E-state index contributed by atoms with van der Waals surface area (Å²) in [6.45, 7) is 6.14. The Balaban J connectivity index is 2.03. The van der Waals surface area contributed by atoms with E-state index in [1.165, 1.54) is 6.42 Å². The van der Waals surface area contributed by atoms with Crippen LogP contribution in [0.4, 0.5) is 0 Å². The van der Waals surface area contributed by atoms with Crippen molar-refractivity contribution in [1.82, 2.24) is 0 Å². The molecule has 0 bridgehead atoms. The van der Waals surface area contributed by atoms with Gasteiger partial charge in [0, 0.05) is 6.42 Å². The fourth-order valence-corrected chi connectivity index (χ4v) is 3.10. The number of aryl methyl sites for hydroxylation is 1. The minimum Gasteiger partial charge on any atom is -0.451 e. The molecule has 2 aliphatic rings. The van der Waals surface area contributed by atoms with E-state index in [1.807, 2.05) is 13.0 Å². The Hall–Kier alpha value is -1.57. The predicted octanol–water partition coefficient (Wildman–Crippen LogP) is 3.58. The van der Waals surface area contributed by atoms with Crippen LogP contribution in [-0.4, -0.2) is 11.6 Å². The van der Waals surface area contributed by atoms with Crippen molar-refractivity contribution in [2.24, 2.45) is 0 Å². The fraction of sp³-hybridized carbons (Fsp3) is 0.438. The van der Waals surface area contributed by atoms with Crippen LogP contribution < -0.4 is 0 Å². The summed E-state index contributed by atoms with van der Waals surface area (Å²) < 4.78 is 5.77. The molecule has 1 heterocycles. The molecule has 0 aromatic heterocycles. The molecule has 2 nitrogen and oxygen atoms in total. The summed E-state index contributed by atoms with van der Waals surface area (Å²) in [5.74, 6) is -0.178. The Labute approximate surface area is 108 Å². The molecule has 2 heteroatoms. The third-order valence-electron chi connectivity index (χ3n) is 4.20. The van der Waals surface area contributed by atoms with Crippen LogP contribution in [0, 0.1) is 6.92 Å². The number of fused-ring (bicyclic) bond motifs is 1.